The predicted octanol–water partition coefficient (Wildman–Crippen LogP) is 1.82. The first-order chi connectivity index (χ1) is 9.63. The van der Waals surface area contributed by atoms with Crippen molar-refractivity contribution >= 4 is 23.4 Å². The molecule has 0 spiro atoms. The lowest BCUT2D eigenvalue weighted by molar-refractivity contribution is -0.130. The van der Waals surface area contributed by atoms with E-state index in [1.165, 1.54) is 6.20 Å². The second-order valence-corrected chi connectivity index (χ2v) is 5.14. The van der Waals surface area contributed by atoms with Crippen molar-refractivity contribution in [2.45, 2.75) is 19.8 Å². The maximum absolute atomic E-state index is 12.4. The molecule has 0 N–H and O–H groups in total. The molecule has 1 saturated heterocycles. The molecule has 2 heterocycles. The van der Waals surface area contributed by atoms with Crippen LogP contribution in [0.3, 0.4) is 0 Å². The van der Waals surface area contributed by atoms with Gasteiger partial charge in [-0.3, -0.25) is 14.6 Å². The van der Waals surface area contributed by atoms with Crippen molar-refractivity contribution < 1.29 is 9.59 Å². The Morgan fingerprint density at radius 2 is 1.95 bits per heavy atom. The molecule has 0 unspecified atom stereocenters. The van der Waals surface area contributed by atoms with Gasteiger partial charge in [-0.2, -0.15) is 0 Å². The minimum atomic E-state index is -0.0943. The molecule has 1 aromatic rings. The van der Waals surface area contributed by atoms with Gasteiger partial charge < -0.3 is 9.80 Å². The van der Waals surface area contributed by atoms with E-state index >= 15 is 0 Å². The number of aromatic nitrogens is 1. The molecule has 1 aliphatic rings. The minimum absolute atomic E-state index is 0.0943. The van der Waals surface area contributed by atoms with Gasteiger partial charge in [-0.05, 0) is 12.5 Å². The van der Waals surface area contributed by atoms with Crippen LogP contribution in [0.5, 0.6) is 0 Å². The number of halogens is 1. The van der Waals surface area contributed by atoms with Crippen molar-refractivity contribution in [2.24, 2.45) is 0 Å². The van der Waals surface area contributed by atoms with E-state index in [9.17, 15) is 9.59 Å². The molecule has 0 radical (unpaired) electrons. The number of pyridine rings is 1. The third-order valence-corrected chi connectivity index (χ3v) is 3.74. The highest BCUT2D eigenvalue weighted by Gasteiger charge is 2.23. The van der Waals surface area contributed by atoms with Crippen LogP contribution < -0.4 is 0 Å². The Kier molecular flexibility index (Phi) is 4.95. The normalized spacial score (nSPS) is 15.9. The van der Waals surface area contributed by atoms with Crippen molar-refractivity contribution in [3.05, 3.63) is 29.0 Å². The van der Waals surface area contributed by atoms with Crippen molar-refractivity contribution in [1.82, 2.24) is 14.8 Å². The quantitative estimate of drug-likeness (QED) is 0.836. The van der Waals surface area contributed by atoms with Gasteiger partial charge in [0.2, 0.25) is 5.91 Å². The third kappa shape index (κ3) is 3.28. The summed E-state index contributed by atoms with van der Waals surface area (Å²) in [5.74, 6) is 0.0458. The van der Waals surface area contributed by atoms with E-state index in [0.717, 1.165) is 6.42 Å². The van der Waals surface area contributed by atoms with Gasteiger partial charge in [0.25, 0.3) is 5.91 Å². The molecule has 0 bridgehead atoms. The fourth-order valence-electron chi connectivity index (χ4n) is 2.31. The van der Waals surface area contributed by atoms with Crippen molar-refractivity contribution in [3.63, 3.8) is 0 Å². The fraction of sp³-hybridized carbons (Fsp3) is 0.500. The fourth-order valence-corrected chi connectivity index (χ4v) is 2.51. The van der Waals surface area contributed by atoms with Crippen molar-refractivity contribution in [1.29, 1.82) is 0 Å². The van der Waals surface area contributed by atoms with E-state index in [1.54, 1.807) is 17.2 Å². The van der Waals surface area contributed by atoms with Gasteiger partial charge in [0, 0.05) is 45.0 Å². The molecular weight excluding hydrogens is 278 g/mol. The predicted molar refractivity (Wildman–Crippen MR) is 76.6 cm³/mol. The maximum Gasteiger partial charge on any atom is 0.255 e. The van der Waals surface area contributed by atoms with E-state index in [1.807, 2.05) is 11.8 Å². The van der Waals surface area contributed by atoms with Gasteiger partial charge in [-0.1, -0.05) is 18.5 Å². The summed E-state index contributed by atoms with van der Waals surface area (Å²) in [7, 11) is 0. The first kappa shape index (κ1) is 14.8. The Morgan fingerprint density at radius 3 is 2.65 bits per heavy atom. The van der Waals surface area contributed by atoms with Gasteiger partial charge in [-0.15, -0.1) is 0 Å². The summed E-state index contributed by atoms with van der Waals surface area (Å²) in [5.41, 5.74) is 0.469. The summed E-state index contributed by atoms with van der Waals surface area (Å²) in [5, 5.41) is 0.364. The Bertz CT molecular complexity index is 507. The number of hydrogen-bond donors (Lipinski definition) is 0. The number of hydrogen-bond acceptors (Lipinski definition) is 3. The highest BCUT2D eigenvalue weighted by atomic mass is 35.5. The molecule has 0 aromatic carbocycles. The number of carbonyl (C=O) groups excluding carboxylic acids is 2. The summed E-state index contributed by atoms with van der Waals surface area (Å²) in [4.78, 5) is 31.6. The van der Waals surface area contributed by atoms with Crippen molar-refractivity contribution in [2.75, 3.05) is 26.2 Å². The monoisotopic (exact) mass is 295 g/mol. The molecule has 1 fully saturated rings. The molecule has 6 heteroatoms. The summed E-state index contributed by atoms with van der Waals surface area (Å²) in [6.45, 7) is 4.34. The molecule has 20 heavy (non-hydrogen) atoms. The van der Waals surface area contributed by atoms with Crippen LogP contribution in [0.1, 0.15) is 30.1 Å². The van der Waals surface area contributed by atoms with E-state index in [2.05, 4.69) is 4.98 Å². The Morgan fingerprint density at radius 1 is 1.25 bits per heavy atom. The summed E-state index contributed by atoms with van der Waals surface area (Å²) in [6, 6.07) is 1.63. The molecule has 108 valence electrons. The number of carbonyl (C=O) groups is 2. The van der Waals surface area contributed by atoms with Crippen LogP contribution in [0.15, 0.2) is 18.5 Å². The maximum atomic E-state index is 12.4. The van der Waals surface area contributed by atoms with Crippen LogP contribution in [-0.2, 0) is 4.79 Å². The van der Waals surface area contributed by atoms with Crippen molar-refractivity contribution in [3.8, 4) is 0 Å². The molecule has 5 nitrogen and oxygen atoms in total. The number of amides is 2. The second-order valence-electron chi connectivity index (χ2n) is 4.74. The lowest BCUT2D eigenvalue weighted by Crippen LogP contribution is -2.37. The highest BCUT2D eigenvalue weighted by Crippen LogP contribution is 2.17. The lowest BCUT2D eigenvalue weighted by atomic mass is 10.2. The number of rotatable bonds is 2. The molecule has 1 aliphatic heterocycles. The zero-order chi connectivity index (χ0) is 14.5. The van der Waals surface area contributed by atoms with Crippen LogP contribution in [0.2, 0.25) is 5.02 Å². The number of nitrogens with zero attached hydrogens (tertiary/aromatic N) is 3. The van der Waals surface area contributed by atoms with E-state index in [-0.39, 0.29) is 11.8 Å². The third-order valence-electron chi connectivity index (χ3n) is 3.44. The molecule has 2 rings (SSSR count). The van der Waals surface area contributed by atoms with Gasteiger partial charge in [0.05, 0.1) is 10.6 Å². The summed E-state index contributed by atoms with van der Waals surface area (Å²) >= 11 is 6.01. The summed E-state index contributed by atoms with van der Waals surface area (Å²) < 4.78 is 0. The van der Waals surface area contributed by atoms with Gasteiger partial charge in [0.1, 0.15) is 0 Å². The molecule has 2 amide bonds. The molecule has 0 saturated carbocycles. The van der Waals surface area contributed by atoms with Crippen LogP contribution in [0.4, 0.5) is 0 Å². The first-order valence-corrected chi connectivity index (χ1v) is 7.18. The Hall–Kier alpha value is -1.62. The van der Waals surface area contributed by atoms with E-state index in [0.29, 0.717) is 43.2 Å². The molecular formula is C14H18ClN3O2. The molecule has 0 aliphatic carbocycles. The average Bonchev–Trinajstić information content (AvgIpc) is 2.72. The average molecular weight is 296 g/mol. The lowest BCUT2D eigenvalue weighted by Gasteiger charge is -2.22. The van der Waals surface area contributed by atoms with E-state index in [4.69, 9.17) is 11.6 Å². The zero-order valence-electron chi connectivity index (χ0n) is 11.5. The molecule has 1 aromatic heterocycles. The van der Waals surface area contributed by atoms with Gasteiger partial charge >= 0.3 is 0 Å². The topological polar surface area (TPSA) is 53.5 Å². The van der Waals surface area contributed by atoms with Crippen LogP contribution in [0.25, 0.3) is 0 Å². The second kappa shape index (κ2) is 6.70. The van der Waals surface area contributed by atoms with Gasteiger partial charge in [0.15, 0.2) is 0 Å². The smallest absolute Gasteiger partial charge is 0.255 e. The van der Waals surface area contributed by atoms with Crippen LogP contribution in [-0.4, -0.2) is 52.8 Å². The standard InChI is InChI=1S/C14H18ClN3O2/c1-2-13(19)17-6-3-7-18(9-8-17)14(20)11-4-5-16-10-12(11)15/h4-5,10H,2-3,6-9H2,1H3. The van der Waals surface area contributed by atoms with Crippen LogP contribution >= 0.6 is 11.6 Å². The van der Waals surface area contributed by atoms with Crippen LogP contribution in [0, 0.1) is 0 Å². The Labute approximate surface area is 123 Å². The SMILES string of the molecule is CCC(=O)N1CCCN(C(=O)c2ccncc2Cl)CC1. The Balaban J connectivity index is 2.05. The highest BCUT2D eigenvalue weighted by molar-refractivity contribution is 6.33. The molecule has 0 atom stereocenters. The zero-order valence-corrected chi connectivity index (χ0v) is 12.3. The first-order valence-electron chi connectivity index (χ1n) is 6.80. The van der Waals surface area contributed by atoms with E-state index < -0.39 is 0 Å². The van der Waals surface area contributed by atoms with Gasteiger partial charge in [-0.25, -0.2) is 0 Å². The minimum Gasteiger partial charge on any atom is -0.341 e. The largest absolute Gasteiger partial charge is 0.341 e. The summed E-state index contributed by atoms with van der Waals surface area (Å²) in [6.07, 6.45) is 4.33.